The van der Waals surface area contributed by atoms with E-state index in [0.29, 0.717) is 19.3 Å². The summed E-state index contributed by atoms with van der Waals surface area (Å²) in [7, 11) is 0. The molecule has 6 nitrogen and oxygen atoms in total. The lowest BCUT2D eigenvalue weighted by Crippen LogP contribution is -2.30. The molecule has 0 aromatic carbocycles. The molecule has 0 spiro atoms. The minimum atomic E-state index is -0.802. The SMILES string of the molecule is CC/C=C\C/C=C\C/C=C\C/C=C\CCCCCCCCC(=O)OCC(COC(=O)CCCCC/C=C\C/C=C\C/C=C\C/C=C\CC)OC(=O)CCCCCCCCC/C=C\CCCCCCCC. The van der Waals surface area contributed by atoms with E-state index >= 15 is 0 Å². The zero-order valence-corrected chi connectivity index (χ0v) is 45.5. The number of rotatable bonds is 51. The van der Waals surface area contributed by atoms with Gasteiger partial charge in [0.2, 0.25) is 0 Å². The molecule has 70 heavy (non-hydrogen) atoms. The van der Waals surface area contributed by atoms with E-state index in [-0.39, 0.29) is 31.1 Å². The van der Waals surface area contributed by atoms with Crippen molar-refractivity contribution in [2.75, 3.05) is 13.2 Å². The maximum atomic E-state index is 12.9. The highest BCUT2D eigenvalue weighted by Gasteiger charge is 2.19. The standard InChI is InChI=1S/C64H106O6/c1-4-7-10-13-16-19-22-25-28-31-32-34-36-39-42-45-48-51-54-57-63(66)69-60-61(59-68-62(65)56-53-50-47-44-41-38-35-30-27-24-21-18-15-12-9-6-3)70-64(67)58-55-52-49-46-43-40-37-33-29-26-23-20-17-14-11-8-5-2/h7,9-10,12,16,18-19,21,25-30,32,34,38,41,61H,4-6,8,11,13-15,17,20,22-24,31,33,35-37,39-40,42-60H2,1-3H3/b10-7-,12-9-,19-16-,21-18-,28-25-,29-26-,30-27-,34-32-,41-38-. The van der Waals surface area contributed by atoms with E-state index in [0.717, 1.165) is 128 Å². The molecule has 0 rings (SSSR count). The van der Waals surface area contributed by atoms with Crippen LogP contribution < -0.4 is 0 Å². The molecule has 1 atom stereocenters. The molecule has 1 unspecified atom stereocenters. The van der Waals surface area contributed by atoms with Crippen LogP contribution in [-0.2, 0) is 28.6 Å². The van der Waals surface area contributed by atoms with Crippen molar-refractivity contribution in [2.45, 2.75) is 264 Å². The molecular formula is C64H106O6. The van der Waals surface area contributed by atoms with Gasteiger partial charge in [-0.3, -0.25) is 14.4 Å². The fourth-order valence-electron chi connectivity index (χ4n) is 7.71. The maximum Gasteiger partial charge on any atom is 0.306 e. The van der Waals surface area contributed by atoms with Gasteiger partial charge >= 0.3 is 17.9 Å². The van der Waals surface area contributed by atoms with Crippen LogP contribution in [-0.4, -0.2) is 37.2 Å². The van der Waals surface area contributed by atoms with Gasteiger partial charge in [-0.15, -0.1) is 0 Å². The number of unbranched alkanes of at least 4 members (excludes halogenated alkanes) is 22. The van der Waals surface area contributed by atoms with Gasteiger partial charge in [0.15, 0.2) is 6.10 Å². The van der Waals surface area contributed by atoms with E-state index in [9.17, 15) is 14.4 Å². The van der Waals surface area contributed by atoms with E-state index in [2.05, 4.69) is 130 Å². The molecule has 0 aromatic heterocycles. The third kappa shape index (κ3) is 55.0. The Balaban J connectivity index is 4.47. The third-order valence-electron chi connectivity index (χ3n) is 12.0. The Labute approximate surface area is 431 Å². The Morgan fingerprint density at radius 2 is 0.557 bits per heavy atom. The molecule has 0 saturated heterocycles. The Kier molecular flexibility index (Phi) is 54.4. The molecule has 0 bridgehead atoms. The number of esters is 3. The highest BCUT2D eigenvalue weighted by molar-refractivity contribution is 5.71. The summed E-state index contributed by atoms with van der Waals surface area (Å²) >= 11 is 0. The minimum Gasteiger partial charge on any atom is -0.462 e. The number of carbonyl (C=O) groups excluding carboxylic acids is 3. The van der Waals surface area contributed by atoms with Crippen LogP contribution in [0.1, 0.15) is 258 Å². The highest BCUT2D eigenvalue weighted by atomic mass is 16.6. The fourth-order valence-corrected chi connectivity index (χ4v) is 7.71. The molecule has 0 saturated carbocycles. The van der Waals surface area contributed by atoms with Gasteiger partial charge in [0.05, 0.1) is 0 Å². The first-order valence-electron chi connectivity index (χ1n) is 28.9. The van der Waals surface area contributed by atoms with Crippen molar-refractivity contribution in [2.24, 2.45) is 0 Å². The van der Waals surface area contributed by atoms with Gasteiger partial charge in [-0.25, -0.2) is 0 Å². The molecule has 6 heteroatoms. The first-order valence-corrected chi connectivity index (χ1v) is 28.9. The van der Waals surface area contributed by atoms with Crippen molar-refractivity contribution >= 4 is 17.9 Å². The lowest BCUT2D eigenvalue weighted by Gasteiger charge is -2.18. The molecule has 0 heterocycles. The predicted molar refractivity (Wildman–Crippen MR) is 302 cm³/mol. The number of allylic oxidation sites excluding steroid dienone is 18. The largest absolute Gasteiger partial charge is 0.462 e. The molecule has 0 aromatic rings. The van der Waals surface area contributed by atoms with Gasteiger partial charge in [-0.1, -0.05) is 226 Å². The van der Waals surface area contributed by atoms with Gasteiger partial charge in [0, 0.05) is 19.3 Å². The topological polar surface area (TPSA) is 78.9 Å². The summed E-state index contributed by atoms with van der Waals surface area (Å²) in [4.78, 5) is 38.2. The number of hydrogen-bond acceptors (Lipinski definition) is 6. The van der Waals surface area contributed by atoms with Crippen molar-refractivity contribution in [3.8, 4) is 0 Å². The van der Waals surface area contributed by atoms with Crippen LogP contribution in [0.15, 0.2) is 109 Å². The van der Waals surface area contributed by atoms with E-state index in [1.807, 2.05) is 0 Å². The summed E-state index contributed by atoms with van der Waals surface area (Å²) in [6.45, 7) is 6.37. The Hall–Kier alpha value is -3.93. The smallest absolute Gasteiger partial charge is 0.306 e. The average Bonchev–Trinajstić information content (AvgIpc) is 3.36. The van der Waals surface area contributed by atoms with Crippen molar-refractivity contribution in [3.05, 3.63) is 109 Å². The lowest BCUT2D eigenvalue weighted by atomic mass is 10.1. The van der Waals surface area contributed by atoms with Gasteiger partial charge in [0.1, 0.15) is 13.2 Å². The quantitative estimate of drug-likeness (QED) is 0.0262. The van der Waals surface area contributed by atoms with Crippen molar-refractivity contribution in [1.29, 1.82) is 0 Å². The molecular weight excluding hydrogens is 865 g/mol. The van der Waals surface area contributed by atoms with Gasteiger partial charge in [-0.05, 0) is 122 Å². The second-order valence-electron chi connectivity index (χ2n) is 18.8. The predicted octanol–water partition coefficient (Wildman–Crippen LogP) is 19.5. The molecule has 0 aliphatic carbocycles. The third-order valence-corrected chi connectivity index (χ3v) is 12.0. The van der Waals surface area contributed by atoms with E-state index in [1.165, 1.54) is 89.9 Å². The number of carbonyl (C=O) groups is 3. The monoisotopic (exact) mass is 971 g/mol. The zero-order chi connectivity index (χ0) is 50.7. The van der Waals surface area contributed by atoms with Crippen molar-refractivity contribution in [1.82, 2.24) is 0 Å². The van der Waals surface area contributed by atoms with E-state index < -0.39 is 6.10 Å². The number of ether oxygens (including phenoxy) is 3. The molecule has 0 fully saturated rings. The summed E-state index contributed by atoms with van der Waals surface area (Å²) in [6.07, 6.45) is 77.9. The van der Waals surface area contributed by atoms with Crippen LogP contribution in [0.25, 0.3) is 0 Å². The first kappa shape index (κ1) is 66.1. The van der Waals surface area contributed by atoms with Crippen LogP contribution in [0, 0.1) is 0 Å². The normalized spacial score (nSPS) is 12.9. The minimum absolute atomic E-state index is 0.0990. The molecule has 0 aliphatic heterocycles. The second-order valence-corrected chi connectivity index (χ2v) is 18.8. The van der Waals surface area contributed by atoms with E-state index in [4.69, 9.17) is 14.2 Å². The summed E-state index contributed by atoms with van der Waals surface area (Å²) in [5.41, 5.74) is 0. The second kappa shape index (κ2) is 57.6. The number of hydrogen-bond donors (Lipinski definition) is 0. The Morgan fingerprint density at radius 1 is 0.300 bits per heavy atom. The van der Waals surface area contributed by atoms with Crippen LogP contribution in [0.5, 0.6) is 0 Å². The molecule has 398 valence electrons. The van der Waals surface area contributed by atoms with Crippen LogP contribution in [0.3, 0.4) is 0 Å². The fraction of sp³-hybridized carbons (Fsp3) is 0.672. The highest BCUT2D eigenvalue weighted by Crippen LogP contribution is 2.14. The van der Waals surface area contributed by atoms with Crippen LogP contribution in [0.4, 0.5) is 0 Å². The first-order chi connectivity index (χ1) is 34.5. The Morgan fingerprint density at radius 3 is 0.900 bits per heavy atom. The molecule has 0 N–H and O–H groups in total. The van der Waals surface area contributed by atoms with Gasteiger partial charge < -0.3 is 14.2 Å². The summed E-state index contributed by atoms with van der Waals surface area (Å²) in [6, 6.07) is 0. The maximum absolute atomic E-state index is 12.9. The van der Waals surface area contributed by atoms with Crippen LogP contribution >= 0.6 is 0 Å². The summed E-state index contributed by atoms with van der Waals surface area (Å²) in [5, 5.41) is 0. The summed E-state index contributed by atoms with van der Waals surface area (Å²) in [5.74, 6) is -0.946. The lowest BCUT2D eigenvalue weighted by molar-refractivity contribution is -0.167. The van der Waals surface area contributed by atoms with Gasteiger partial charge in [-0.2, -0.15) is 0 Å². The average molecular weight is 972 g/mol. The molecule has 0 radical (unpaired) electrons. The van der Waals surface area contributed by atoms with Crippen molar-refractivity contribution in [3.63, 3.8) is 0 Å². The molecule has 0 aliphatic rings. The van der Waals surface area contributed by atoms with E-state index in [1.54, 1.807) is 0 Å². The summed E-state index contributed by atoms with van der Waals surface area (Å²) < 4.78 is 16.8. The molecule has 0 amide bonds. The zero-order valence-electron chi connectivity index (χ0n) is 45.5. The van der Waals surface area contributed by atoms with Crippen LogP contribution in [0.2, 0.25) is 0 Å². The Bertz CT molecular complexity index is 1440. The van der Waals surface area contributed by atoms with Gasteiger partial charge in [0.25, 0.3) is 0 Å². The van der Waals surface area contributed by atoms with Crippen molar-refractivity contribution < 1.29 is 28.6 Å².